The van der Waals surface area contributed by atoms with Gasteiger partial charge in [0.05, 0.1) is 17.2 Å². The third kappa shape index (κ3) is 3.38. The van der Waals surface area contributed by atoms with Crippen LogP contribution in [0.4, 0.5) is 18.9 Å². The lowest BCUT2D eigenvalue weighted by Gasteiger charge is -2.24. The second-order valence-corrected chi connectivity index (χ2v) is 4.40. The first-order valence-corrected chi connectivity index (χ1v) is 5.96. The van der Waals surface area contributed by atoms with Crippen LogP contribution in [0.3, 0.4) is 0 Å². The Morgan fingerprint density at radius 3 is 2.53 bits per heavy atom. The first-order chi connectivity index (χ1) is 9.00. The maximum atomic E-state index is 12.6. The summed E-state index contributed by atoms with van der Waals surface area (Å²) in [6.07, 6.45) is -2.88. The van der Waals surface area contributed by atoms with Crippen LogP contribution in [0.2, 0.25) is 0 Å². The highest BCUT2D eigenvalue weighted by Crippen LogP contribution is 2.33. The molecule has 1 aliphatic heterocycles. The molecule has 0 atom stereocenters. The van der Waals surface area contributed by atoms with Gasteiger partial charge in [-0.1, -0.05) is 0 Å². The van der Waals surface area contributed by atoms with Crippen LogP contribution in [-0.2, 0) is 10.9 Å². The van der Waals surface area contributed by atoms with E-state index in [1.54, 1.807) is 6.07 Å². The molecule has 1 fully saturated rings. The van der Waals surface area contributed by atoms with Gasteiger partial charge < -0.3 is 10.1 Å². The minimum absolute atomic E-state index is 0.178. The van der Waals surface area contributed by atoms with Crippen LogP contribution in [-0.4, -0.2) is 19.3 Å². The van der Waals surface area contributed by atoms with Crippen LogP contribution in [0, 0.1) is 11.3 Å². The van der Waals surface area contributed by atoms with E-state index in [9.17, 15) is 13.2 Å². The number of ether oxygens (including phenoxy) is 1. The molecule has 19 heavy (non-hydrogen) atoms. The third-order valence-corrected chi connectivity index (χ3v) is 3.04. The fourth-order valence-corrected chi connectivity index (χ4v) is 2.05. The largest absolute Gasteiger partial charge is 0.417 e. The Bertz CT molecular complexity index is 488. The molecule has 0 aliphatic carbocycles. The van der Waals surface area contributed by atoms with Crippen LogP contribution in [0.25, 0.3) is 0 Å². The molecule has 1 N–H and O–H groups in total. The van der Waals surface area contributed by atoms with Gasteiger partial charge in [-0.2, -0.15) is 18.4 Å². The number of anilines is 1. The minimum Gasteiger partial charge on any atom is -0.382 e. The molecule has 0 radical (unpaired) electrons. The molecule has 102 valence electrons. The van der Waals surface area contributed by atoms with Crippen molar-refractivity contribution >= 4 is 5.69 Å². The standard InChI is InChI=1S/C13H13F3N2O/c14-13(15,16)12-2-1-11(7-9(12)8-17)18-10-3-5-19-6-4-10/h1-2,7,10,18H,3-6H2. The van der Waals surface area contributed by atoms with E-state index in [0.717, 1.165) is 18.9 Å². The highest BCUT2D eigenvalue weighted by molar-refractivity contribution is 5.54. The van der Waals surface area contributed by atoms with E-state index in [0.29, 0.717) is 18.9 Å². The number of nitriles is 1. The van der Waals surface area contributed by atoms with E-state index in [4.69, 9.17) is 10.00 Å². The van der Waals surface area contributed by atoms with Crippen LogP contribution in [0.5, 0.6) is 0 Å². The molecule has 0 spiro atoms. The Kier molecular flexibility index (Phi) is 3.96. The molecule has 1 aromatic carbocycles. The van der Waals surface area contributed by atoms with Gasteiger partial charge in [-0.3, -0.25) is 0 Å². The molecule has 6 heteroatoms. The van der Waals surface area contributed by atoms with Gasteiger partial charge in [0.1, 0.15) is 0 Å². The molecule has 0 aromatic heterocycles. The van der Waals surface area contributed by atoms with Crippen molar-refractivity contribution in [2.45, 2.75) is 25.1 Å². The maximum Gasteiger partial charge on any atom is 0.417 e. The van der Waals surface area contributed by atoms with Crippen molar-refractivity contribution in [3.05, 3.63) is 29.3 Å². The molecule has 1 aromatic rings. The second-order valence-electron chi connectivity index (χ2n) is 4.40. The predicted molar refractivity (Wildman–Crippen MR) is 63.6 cm³/mol. The summed E-state index contributed by atoms with van der Waals surface area (Å²) < 4.78 is 43.1. The molecule has 3 nitrogen and oxygen atoms in total. The minimum atomic E-state index is -4.50. The van der Waals surface area contributed by atoms with E-state index in [2.05, 4.69) is 5.32 Å². The summed E-state index contributed by atoms with van der Waals surface area (Å²) in [4.78, 5) is 0. The van der Waals surface area contributed by atoms with E-state index in [1.807, 2.05) is 0 Å². The lowest BCUT2D eigenvalue weighted by atomic mass is 10.1. The number of benzene rings is 1. The van der Waals surface area contributed by atoms with Crippen molar-refractivity contribution in [2.75, 3.05) is 18.5 Å². The average Bonchev–Trinajstić information content (AvgIpc) is 2.38. The Balaban J connectivity index is 2.17. The normalized spacial score (nSPS) is 16.9. The highest BCUT2D eigenvalue weighted by Gasteiger charge is 2.33. The van der Waals surface area contributed by atoms with Crippen molar-refractivity contribution in [2.24, 2.45) is 0 Å². The molecule has 1 heterocycles. The van der Waals surface area contributed by atoms with Gasteiger partial charge in [0, 0.05) is 24.9 Å². The number of rotatable bonds is 2. The van der Waals surface area contributed by atoms with Crippen LogP contribution in [0.15, 0.2) is 18.2 Å². The summed E-state index contributed by atoms with van der Waals surface area (Å²) in [5.41, 5.74) is -0.714. The topological polar surface area (TPSA) is 45.0 Å². The van der Waals surface area contributed by atoms with Crippen LogP contribution in [0.1, 0.15) is 24.0 Å². The van der Waals surface area contributed by atoms with E-state index < -0.39 is 11.7 Å². The highest BCUT2D eigenvalue weighted by atomic mass is 19.4. The molecule has 0 amide bonds. The quantitative estimate of drug-likeness (QED) is 0.897. The van der Waals surface area contributed by atoms with Crippen molar-refractivity contribution in [3.63, 3.8) is 0 Å². The molecular weight excluding hydrogens is 257 g/mol. The van der Waals surface area contributed by atoms with Gasteiger partial charge in [-0.25, -0.2) is 0 Å². The van der Waals surface area contributed by atoms with Crippen LogP contribution >= 0.6 is 0 Å². The van der Waals surface area contributed by atoms with Crippen molar-refractivity contribution in [1.82, 2.24) is 0 Å². The number of hydrogen-bond acceptors (Lipinski definition) is 3. The number of hydrogen-bond donors (Lipinski definition) is 1. The molecule has 0 unspecified atom stereocenters. The monoisotopic (exact) mass is 270 g/mol. The SMILES string of the molecule is N#Cc1cc(NC2CCOCC2)ccc1C(F)(F)F. The second kappa shape index (κ2) is 5.49. The zero-order valence-electron chi connectivity index (χ0n) is 10.1. The Labute approximate surface area is 109 Å². The Hall–Kier alpha value is -1.74. The predicted octanol–water partition coefficient (Wildman–Crippen LogP) is 3.17. The number of nitrogens with zero attached hydrogens (tertiary/aromatic N) is 1. The Morgan fingerprint density at radius 2 is 1.95 bits per heavy atom. The van der Waals surface area contributed by atoms with Gasteiger partial charge in [-0.15, -0.1) is 0 Å². The van der Waals surface area contributed by atoms with Gasteiger partial charge in [-0.05, 0) is 31.0 Å². The molecule has 1 aliphatic rings. The third-order valence-electron chi connectivity index (χ3n) is 3.04. The molecular formula is C13H13F3N2O. The summed E-state index contributed by atoms with van der Waals surface area (Å²) in [6.45, 7) is 1.28. The molecule has 2 rings (SSSR count). The van der Waals surface area contributed by atoms with Gasteiger partial charge in [0.2, 0.25) is 0 Å². The summed E-state index contributed by atoms with van der Waals surface area (Å²) in [5.74, 6) is 0. The molecule has 0 bridgehead atoms. The lowest BCUT2D eigenvalue weighted by molar-refractivity contribution is -0.137. The van der Waals surface area contributed by atoms with Gasteiger partial charge >= 0.3 is 6.18 Å². The zero-order valence-corrected chi connectivity index (χ0v) is 10.1. The summed E-state index contributed by atoms with van der Waals surface area (Å²) in [7, 11) is 0. The van der Waals surface area contributed by atoms with Gasteiger partial charge in [0.25, 0.3) is 0 Å². The van der Waals surface area contributed by atoms with E-state index >= 15 is 0 Å². The first kappa shape index (κ1) is 13.7. The fourth-order valence-electron chi connectivity index (χ4n) is 2.05. The smallest absolute Gasteiger partial charge is 0.382 e. The van der Waals surface area contributed by atoms with E-state index in [1.165, 1.54) is 12.1 Å². The van der Waals surface area contributed by atoms with Crippen molar-refractivity contribution in [3.8, 4) is 6.07 Å². The maximum absolute atomic E-state index is 12.6. The first-order valence-electron chi connectivity index (χ1n) is 5.96. The molecule has 0 saturated carbocycles. The number of nitrogens with one attached hydrogen (secondary N) is 1. The summed E-state index contributed by atoms with van der Waals surface area (Å²) in [6, 6.07) is 5.33. The summed E-state index contributed by atoms with van der Waals surface area (Å²) >= 11 is 0. The number of alkyl halides is 3. The van der Waals surface area contributed by atoms with Gasteiger partial charge in [0.15, 0.2) is 0 Å². The zero-order chi connectivity index (χ0) is 13.9. The Morgan fingerprint density at radius 1 is 1.26 bits per heavy atom. The van der Waals surface area contributed by atoms with Crippen molar-refractivity contribution < 1.29 is 17.9 Å². The van der Waals surface area contributed by atoms with Crippen LogP contribution < -0.4 is 5.32 Å². The summed E-state index contributed by atoms with van der Waals surface area (Å²) in [5, 5.41) is 12.0. The lowest BCUT2D eigenvalue weighted by Crippen LogP contribution is -2.27. The average molecular weight is 270 g/mol. The van der Waals surface area contributed by atoms with E-state index in [-0.39, 0.29) is 11.6 Å². The fraction of sp³-hybridized carbons (Fsp3) is 0.462. The molecule has 1 saturated heterocycles. The van der Waals surface area contributed by atoms with Crippen molar-refractivity contribution in [1.29, 1.82) is 5.26 Å². The number of halogens is 3.